The number of hydrogen-bond donors (Lipinski definition) is 2. The fourth-order valence-corrected chi connectivity index (χ4v) is 1.63. The van der Waals surface area contributed by atoms with E-state index in [1.165, 1.54) is 5.56 Å². The Kier molecular flexibility index (Phi) is 4.67. The molecule has 0 fully saturated rings. The summed E-state index contributed by atoms with van der Waals surface area (Å²) in [6, 6.07) is 12.0. The van der Waals surface area contributed by atoms with Gasteiger partial charge in [0.25, 0.3) is 0 Å². The molecule has 0 aliphatic rings. The van der Waals surface area contributed by atoms with E-state index in [0.29, 0.717) is 6.61 Å². The van der Waals surface area contributed by atoms with Gasteiger partial charge >= 0.3 is 0 Å². The highest BCUT2D eigenvalue weighted by molar-refractivity contribution is 5.20. The Morgan fingerprint density at radius 3 is 2.71 bits per heavy atom. The SMILES string of the molecule is c1ccc(OCCNCCc2cc[nH]c2)cc1. The van der Waals surface area contributed by atoms with Gasteiger partial charge in [-0.2, -0.15) is 0 Å². The Hall–Kier alpha value is -1.74. The first-order valence-corrected chi connectivity index (χ1v) is 5.95. The molecular weight excluding hydrogens is 212 g/mol. The molecule has 0 saturated carbocycles. The van der Waals surface area contributed by atoms with Gasteiger partial charge in [0.2, 0.25) is 0 Å². The van der Waals surface area contributed by atoms with Crippen molar-refractivity contribution >= 4 is 0 Å². The summed E-state index contributed by atoms with van der Waals surface area (Å²) in [7, 11) is 0. The molecule has 0 atom stereocenters. The topological polar surface area (TPSA) is 37.0 Å². The maximum atomic E-state index is 5.57. The molecule has 0 bridgehead atoms. The summed E-state index contributed by atoms with van der Waals surface area (Å²) in [4.78, 5) is 3.05. The second-order valence-electron chi connectivity index (χ2n) is 3.88. The van der Waals surface area contributed by atoms with Gasteiger partial charge in [-0.1, -0.05) is 18.2 Å². The third-order valence-electron chi connectivity index (χ3n) is 2.54. The summed E-state index contributed by atoms with van der Waals surface area (Å²) in [5.41, 5.74) is 1.33. The minimum atomic E-state index is 0.706. The summed E-state index contributed by atoms with van der Waals surface area (Å²) >= 11 is 0. The van der Waals surface area contributed by atoms with Gasteiger partial charge in [0, 0.05) is 18.9 Å². The molecule has 0 spiro atoms. The van der Waals surface area contributed by atoms with Crippen molar-refractivity contribution in [3.05, 3.63) is 54.4 Å². The minimum Gasteiger partial charge on any atom is -0.492 e. The number of rotatable bonds is 7. The lowest BCUT2D eigenvalue weighted by atomic mass is 10.2. The van der Waals surface area contributed by atoms with Gasteiger partial charge in [-0.05, 0) is 36.7 Å². The largest absolute Gasteiger partial charge is 0.492 e. The number of aromatic amines is 1. The lowest BCUT2D eigenvalue weighted by molar-refractivity contribution is 0.314. The number of ether oxygens (including phenoxy) is 1. The molecule has 0 radical (unpaired) electrons. The molecule has 0 amide bonds. The Morgan fingerprint density at radius 1 is 1.06 bits per heavy atom. The van der Waals surface area contributed by atoms with Crippen molar-refractivity contribution in [2.24, 2.45) is 0 Å². The fourth-order valence-electron chi connectivity index (χ4n) is 1.63. The fraction of sp³-hybridized carbons (Fsp3) is 0.286. The number of H-pyrrole nitrogens is 1. The van der Waals surface area contributed by atoms with E-state index in [4.69, 9.17) is 4.74 Å². The number of hydrogen-bond acceptors (Lipinski definition) is 2. The van der Waals surface area contributed by atoms with Crippen LogP contribution in [0.3, 0.4) is 0 Å². The van der Waals surface area contributed by atoms with Crippen molar-refractivity contribution in [1.29, 1.82) is 0 Å². The third-order valence-corrected chi connectivity index (χ3v) is 2.54. The lowest BCUT2D eigenvalue weighted by Crippen LogP contribution is -2.23. The first-order chi connectivity index (χ1) is 8.45. The van der Waals surface area contributed by atoms with Crippen LogP contribution >= 0.6 is 0 Å². The number of aromatic nitrogens is 1. The van der Waals surface area contributed by atoms with Crippen LogP contribution in [0.1, 0.15) is 5.56 Å². The quantitative estimate of drug-likeness (QED) is 0.716. The third kappa shape index (κ3) is 4.33. The second kappa shape index (κ2) is 6.76. The van der Waals surface area contributed by atoms with E-state index in [0.717, 1.165) is 25.3 Å². The van der Waals surface area contributed by atoms with Gasteiger partial charge in [0.15, 0.2) is 0 Å². The first-order valence-electron chi connectivity index (χ1n) is 5.95. The summed E-state index contributed by atoms with van der Waals surface area (Å²) in [6.45, 7) is 2.56. The maximum absolute atomic E-state index is 5.57. The van der Waals surface area contributed by atoms with Crippen molar-refractivity contribution in [3.8, 4) is 5.75 Å². The Labute approximate surface area is 102 Å². The molecule has 2 N–H and O–H groups in total. The molecular formula is C14H18N2O. The lowest BCUT2D eigenvalue weighted by Gasteiger charge is -2.06. The second-order valence-corrected chi connectivity index (χ2v) is 3.88. The van der Waals surface area contributed by atoms with Crippen LogP contribution in [0.25, 0.3) is 0 Å². The zero-order valence-corrected chi connectivity index (χ0v) is 9.86. The molecule has 3 heteroatoms. The zero-order valence-electron chi connectivity index (χ0n) is 9.86. The molecule has 3 nitrogen and oxygen atoms in total. The monoisotopic (exact) mass is 230 g/mol. The van der Waals surface area contributed by atoms with Crippen LogP contribution < -0.4 is 10.1 Å². The minimum absolute atomic E-state index is 0.706. The molecule has 1 heterocycles. The Balaban J connectivity index is 1.52. The molecule has 0 aliphatic carbocycles. The molecule has 90 valence electrons. The number of para-hydroxylation sites is 1. The average Bonchev–Trinajstić information content (AvgIpc) is 2.88. The maximum Gasteiger partial charge on any atom is 0.119 e. The molecule has 2 rings (SSSR count). The van der Waals surface area contributed by atoms with Crippen molar-refractivity contribution in [3.63, 3.8) is 0 Å². The van der Waals surface area contributed by atoms with Crippen molar-refractivity contribution in [2.45, 2.75) is 6.42 Å². The smallest absolute Gasteiger partial charge is 0.119 e. The molecule has 0 aliphatic heterocycles. The van der Waals surface area contributed by atoms with Crippen LogP contribution in [0, 0.1) is 0 Å². The van der Waals surface area contributed by atoms with E-state index in [9.17, 15) is 0 Å². The van der Waals surface area contributed by atoms with Crippen molar-refractivity contribution in [1.82, 2.24) is 10.3 Å². The first kappa shape index (κ1) is 11.7. The van der Waals surface area contributed by atoms with Crippen LogP contribution in [0.15, 0.2) is 48.8 Å². The Morgan fingerprint density at radius 2 is 1.94 bits per heavy atom. The predicted molar refractivity (Wildman–Crippen MR) is 69.3 cm³/mol. The van der Waals surface area contributed by atoms with E-state index in [2.05, 4.69) is 16.4 Å². The summed E-state index contributed by atoms with van der Waals surface area (Å²) in [5.74, 6) is 0.930. The normalized spacial score (nSPS) is 10.4. The van der Waals surface area contributed by atoms with E-state index >= 15 is 0 Å². The highest BCUT2D eigenvalue weighted by Crippen LogP contribution is 2.07. The van der Waals surface area contributed by atoms with Crippen LogP contribution in [0.4, 0.5) is 0 Å². The van der Waals surface area contributed by atoms with Gasteiger partial charge < -0.3 is 15.0 Å². The summed E-state index contributed by atoms with van der Waals surface area (Å²) in [5, 5.41) is 3.36. The van der Waals surface area contributed by atoms with Crippen molar-refractivity contribution < 1.29 is 4.74 Å². The molecule has 0 saturated heterocycles. The average molecular weight is 230 g/mol. The number of nitrogens with one attached hydrogen (secondary N) is 2. The van der Waals surface area contributed by atoms with E-state index < -0.39 is 0 Å². The van der Waals surface area contributed by atoms with Crippen LogP contribution in [-0.2, 0) is 6.42 Å². The highest BCUT2D eigenvalue weighted by atomic mass is 16.5. The van der Waals surface area contributed by atoms with Gasteiger partial charge in [0.1, 0.15) is 12.4 Å². The number of benzene rings is 1. The Bertz CT molecular complexity index is 397. The standard InChI is InChI=1S/C14H18N2O/c1-2-4-14(5-3-1)17-11-10-15-8-6-13-7-9-16-12-13/h1-5,7,9,12,15-16H,6,8,10-11H2. The summed E-state index contributed by atoms with van der Waals surface area (Å²) < 4.78 is 5.57. The van der Waals surface area contributed by atoms with Crippen LogP contribution in [0.2, 0.25) is 0 Å². The van der Waals surface area contributed by atoms with Crippen LogP contribution in [-0.4, -0.2) is 24.7 Å². The van der Waals surface area contributed by atoms with Gasteiger partial charge in [-0.25, -0.2) is 0 Å². The predicted octanol–water partition coefficient (Wildman–Crippen LogP) is 2.23. The summed E-state index contributed by atoms with van der Waals surface area (Å²) in [6.07, 6.45) is 5.03. The van der Waals surface area contributed by atoms with E-state index in [1.807, 2.05) is 42.7 Å². The molecule has 0 unspecified atom stereocenters. The highest BCUT2D eigenvalue weighted by Gasteiger charge is 1.93. The van der Waals surface area contributed by atoms with E-state index in [1.54, 1.807) is 0 Å². The molecule has 17 heavy (non-hydrogen) atoms. The van der Waals surface area contributed by atoms with Gasteiger partial charge in [-0.15, -0.1) is 0 Å². The van der Waals surface area contributed by atoms with E-state index in [-0.39, 0.29) is 0 Å². The van der Waals surface area contributed by atoms with Crippen LogP contribution in [0.5, 0.6) is 5.75 Å². The van der Waals surface area contributed by atoms with Gasteiger partial charge in [0.05, 0.1) is 0 Å². The molecule has 1 aromatic heterocycles. The van der Waals surface area contributed by atoms with Gasteiger partial charge in [-0.3, -0.25) is 0 Å². The van der Waals surface area contributed by atoms with Crippen molar-refractivity contribution in [2.75, 3.05) is 19.7 Å². The molecule has 1 aromatic carbocycles. The molecule has 2 aromatic rings. The zero-order chi connectivity index (χ0) is 11.8.